The largest absolute Gasteiger partial charge is 0.417 e. The summed E-state index contributed by atoms with van der Waals surface area (Å²) in [7, 11) is -4.19. The molecule has 0 spiro atoms. The minimum Gasteiger partial charge on any atom is -0.340 e. The van der Waals surface area contributed by atoms with E-state index >= 15 is 0 Å². The Bertz CT molecular complexity index is 1100. The molecular formula is C21H20ClF3N2O4S. The Morgan fingerprint density at radius 1 is 0.938 bits per heavy atom. The van der Waals surface area contributed by atoms with E-state index in [-0.39, 0.29) is 50.7 Å². The highest BCUT2D eigenvalue weighted by molar-refractivity contribution is 7.89. The topological polar surface area (TPSA) is 74.8 Å². The fourth-order valence-corrected chi connectivity index (χ4v) is 5.03. The van der Waals surface area contributed by atoms with E-state index in [1.165, 1.54) is 4.90 Å². The standard InChI is InChI=1S/C21H20ClF3N2O4S/c22-18-7-6-16(14-17(18)21(23,24)25)32(30,31)27-12-10-26(11-13-27)20(29)9-8-19(28)15-4-2-1-3-5-15/h1-7,14H,8-13H2. The zero-order chi connectivity index (χ0) is 23.5. The smallest absolute Gasteiger partial charge is 0.340 e. The lowest BCUT2D eigenvalue weighted by Crippen LogP contribution is -2.50. The van der Waals surface area contributed by atoms with Crippen LogP contribution in [0.1, 0.15) is 28.8 Å². The minimum atomic E-state index is -4.79. The Morgan fingerprint density at radius 2 is 1.56 bits per heavy atom. The maximum atomic E-state index is 13.1. The molecule has 3 rings (SSSR count). The molecule has 1 aliphatic heterocycles. The zero-order valence-electron chi connectivity index (χ0n) is 16.8. The van der Waals surface area contributed by atoms with E-state index in [9.17, 15) is 31.2 Å². The second-order valence-corrected chi connectivity index (χ2v) is 9.56. The van der Waals surface area contributed by atoms with Gasteiger partial charge in [0.1, 0.15) is 0 Å². The number of halogens is 4. The summed E-state index contributed by atoms with van der Waals surface area (Å²) in [6, 6.07) is 11.0. The summed E-state index contributed by atoms with van der Waals surface area (Å²) in [4.78, 5) is 25.5. The van der Waals surface area contributed by atoms with Crippen molar-refractivity contribution in [1.29, 1.82) is 0 Å². The van der Waals surface area contributed by atoms with Crippen molar-refractivity contribution in [1.82, 2.24) is 9.21 Å². The molecule has 11 heteroatoms. The molecule has 32 heavy (non-hydrogen) atoms. The van der Waals surface area contributed by atoms with Crippen LogP contribution in [0.3, 0.4) is 0 Å². The van der Waals surface area contributed by atoms with Crippen molar-refractivity contribution in [2.24, 2.45) is 0 Å². The maximum absolute atomic E-state index is 13.1. The molecule has 1 heterocycles. The van der Waals surface area contributed by atoms with E-state index in [4.69, 9.17) is 11.6 Å². The fourth-order valence-electron chi connectivity index (χ4n) is 3.36. The molecule has 2 aromatic carbocycles. The normalized spacial score (nSPS) is 15.6. The third kappa shape index (κ3) is 5.48. The van der Waals surface area contributed by atoms with E-state index in [0.29, 0.717) is 11.6 Å². The average molecular weight is 489 g/mol. The number of piperazine rings is 1. The van der Waals surface area contributed by atoms with E-state index in [1.54, 1.807) is 30.3 Å². The van der Waals surface area contributed by atoms with Crippen LogP contribution in [0.25, 0.3) is 0 Å². The summed E-state index contributed by atoms with van der Waals surface area (Å²) < 4.78 is 65.9. The number of hydrogen-bond donors (Lipinski definition) is 0. The average Bonchev–Trinajstić information content (AvgIpc) is 2.77. The van der Waals surface area contributed by atoms with Crippen LogP contribution in [-0.2, 0) is 21.0 Å². The summed E-state index contributed by atoms with van der Waals surface area (Å²) >= 11 is 5.57. The van der Waals surface area contributed by atoms with Gasteiger partial charge in [0.2, 0.25) is 15.9 Å². The lowest BCUT2D eigenvalue weighted by molar-refractivity contribution is -0.137. The number of Topliss-reactive ketones (excluding diaryl/α,β-unsaturated/α-hetero) is 1. The summed E-state index contributed by atoms with van der Waals surface area (Å²) in [5.41, 5.74) is -0.713. The zero-order valence-corrected chi connectivity index (χ0v) is 18.4. The summed E-state index contributed by atoms with van der Waals surface area (Å²) in [6.07, 6.45) is -4.76. The van der Waals surface area contributed by atoms with Crippen LogP contribution in [0, 0.1) is 0 Å². The minimum absolute atomic E-state index is 0.00734. The lowest BCUT2D eigenvalue weighted by atomic mass is 10.1. The fraction of sp³-hybridized carbons (Fsp3) is 0.333. The highest BCUT2D eigenvalue weighted by Gasteiger charge is 2.36. The predicted octanol–water partition coefficient (Wildman–Crippen LogP) is 3.85. The number of carbonyl (C=O) groups excluding carboxylic acids is 2. The molecular weight excluding hydrogens is 469 g/mol. The number of sulfonamides is 1. The molecule has 0 aromatic heterocycles. The summed E-state index contributed by atoms with van der Waals surface area (Å²) in [6.45, 7) is 0.0317. The van der Waals surface area contributed by atoms with Crippen molar-refractivity contribution in [2.75, 3.05) is 26.2 Å². The van der Waals surface area contributed by atoms with Gasteiger partial charge in [0.05, 0.1) is 15.5 Å². The molecule has 1 saturated heterocycles. The second kappa shape index (κ2) is 9.60. The van der Waals surface area contributed by atoms with Crippen LogP contribution < -0.4 is 0 Å². The van der Waals surface area contributed by atoms with Crippen molar-refractivity contribution in [2.45, 2.75) is 23.9 Å². The van der Waals surface area contributed by atoms with Crippen molar-refractivity contribution in [3.8, 4) is 0 Å². The SMILES string of the molecule is O=C(CCC(=O)N1CCN(S(=O)(=O)c2ccc(Cl)c(C(F)(F)F)c2)CC1)c1ccccc1. The van der Waals surface area contributed by atoms with Gasteiger partial charge < -0.3 is 4.90 Å². The Kier molecular flexibility index (Phi) is 7.26. The van der Waals surface area contributed by atoms with Crippen LogP contribution in [0.2, 0.25) is 5.02 Å². The maximum Gasteiger partial charge on any atom is 0.417 e. The summed E-state index contributed by atoms with van der Waals surface area (Å²) in [5, 5.41) is -0.586. The van der Waals surface area contributed by atoms with Gasteiger partial charge >= 0.3 is 6.18 Å². The Hall–Kier alpha value is -2.43. The molecule has 172 valence electrons. The number of ketones is 1. The van der Waals surface area contributed by atoms with E-state index < -0.39 is 31.7 Å². The van der Waals surface area contributed by atoms with E-state index in [1.807, 2.05) is 0 Å². The van der Waals surface area contributed by atoms with Gasteiger partial charge in [-0.1, -0.05) is 41.9 Å². The van der Waals surface area contributed by atoms with Gasteiger partial charge in [-0.3, -0.25) is 9.59 Å². The second-order valence-electron chi connectivity index (χ2n) is 7.21. The quantitative estimate of drug-likeness (QED) is 0.579. The molecule has 0 aliphatic carbocycles. The van der Waals surface area contributed by atoms with Gasteiger partial charge in [-0.05, 0) is 18.2 Å². The number of amides is 1. The molecule has 0 bridgehead atoms. The Balaban J connectivity index is 1.60. The van der Waals surface area contributed by atoms with Gasteiger partial charge in [-0.25, -0.2) is 8.42 Å². The first-order valence-corrected chi connectivity index (χ1v) is 11.5. The molecule has 1 fully saturated rings. The first-order valence-electron chi connectivity index (χ1n) is 9.73. The first kappa shape index (κ1) is 24.2. The molecule has 1 aliphatic rings. The van der Waals surface area contributed by atoms with Gasteiger partial charge in [-0.2, -0.15) is 17.5 Å². The molecule has 2 aromatic rings. The van der Waals surface area contributed by atoms with Crippen molar-refractivity contribution in [3.63, 3.8) is 0 Å². The monoisotopic (exact) mass is 488 g/mol. The van der Waals surface area contributed by atoms with Crippen molar-refractivity contribution in [3.05, 3.63) is 64.7 Å². The Labute approximate surface area is 188 Å². The molecule has 6 nitrogen and oxygen atoms in total. The molecule has 0 atom stereocenters. The predicted molar refractivity (Wildman–Crippen MR) is 112 cm³/mol. The first-order chi connectivity index (χ1) is 15.0. The third-order valence-electron chi connectivity index (χ3n) is 5.13. The van der Waals surface area contributed by atoms with Crippen LogP contribution in [0.5, 0.6) is 0 Å². The molecule has 1 amide bonds. The van der Waals surface area contributed by atoms with E-state index in [0.717, 1.165) is 16.4 Å². The molecule has 0 unspecified atom stereocenters. The van der Waals surface area contributed by atoms with Crippen molar-refractivity contribution >= 4 is 33.3 Å². The highest BCUT2D eigenvalue weighted by atomic mass is 35.5. The highest BCUT2D eigenvalue weighted by Crippen LogP contribution is 2.36. The van der Waals surface area contributed by atoms with Crippen LogP contribution in [0.15, 0.2) is 53.4 Å². The van der Waals surface area contributed by atoms with Gasteiger partial charge in [0.25, 0.3) is 0 Å². The Morgan fingerprint density at radius 3 is 2.16 bits per heavy atom. The van der Waals surface area contributed by atoms with Gasteiger partial charge in [0, 0.05) is 44.6 Å². The number of benzene rings is 2. The number of rotatable bonds is 6. The molecule has 0 N–H and O–H groups in total. The van der Waals surface area contributed by atoms with E-state index in [2.05, 4.69) is 0 Å². The number of hydrogen-bond acceptors (Lipinski definition) is 4. The number of alkyl halides is 3. The van der Waals surface area contributed by atoms with Crippen LogP contribution >= 0.6 is 11.6 Å². The summed E-state index contributed by atoms with van der Waals surface area (Å²) in [5.74, 6) is -0.444. The third-order valence-corrected chi connectivity index (χ3v) is 7.36. The lowest BCUT2D eigenvalue weighted by Gasteiger charge is -2.34. The van der Waals surface area contributed by atoms with Crippen LogP contribution in [0.4, 0.5) is 13.2 Å². The molecule has 0 radical (unpaired) electrons. The molecule has 0 saturated carbocycles. The van der Waals surface area contributed by atoms with Crippen LogP contribution in [-0.4, -0.2) is 55.5 Å². The van der Waals surface area contributed by atoms with Gasteiger partial charge in [0.15, 0.2) is 5.78 Å². The van der Waals surface area contributed by atoms with Crippen molar-refractivity contribution < 1.29 is 31.2 Å². The number of carbonyl (C=O) groups is 2. The van der Waals surface area contributed by atoms with Gasteiger partial charge in [-0.15, -0.1) is 0 Å². The number of nitrogens with zero attached hydrogens (tertiary/aromatic N) is 2.